The molecule has 0 aliphatic carbocycles. The van der Waals surface area contributed by atoms with Crippen LogP contribution in [-0.2, 0) is 0 Å². The number of carbonyl (C=O) groups excluding carboxylic acids is 2. The topological polar surface area (TPSA) is 67.9 Å². The van der Waals surface area contributed by atoms with E-state index in [0.717, 1.165) is 0 Å². The number of benzene rings is 2. The van der Waals surface area contributed by atoms with Gasteiger partial charge in [-0.2, -0.15) is 0 Å². The second kappa shape index (κ2) is 8.97. The van der Waals surface area contributed by atoms with Gasteiger partial charge in [-0.05, 0) is 49.2 Å². The van der Waals surface area contributed by atoms with E-state index in [-0.39, 0.29) is 17.9 Å². The third-order valence-corrected chi connectivity index (χ3v) is 5.12. The number of carbonyl (C=O) groups is 2. The van der Waals surface area contributed by atoms with E-state index in [1.807, 2.05) is 0 Å². The molecular formula is C21H23ClN2O4. The minimum absolute atomic E-state index is 0.0172. The second-order valence-corrected chi connectivity index (χ2v) is 7.02. The van der Waals surface area contributed by atoms with E-state index in [1.54, 1.807) is 47.4 Å². The molecule has 0 radical (unpaired) electrons. The molecule has 1 saturated heterocycles. The number of ether oxygens (including phenoxy) is 2. The average molecular weight is 403 g/mol. The van der Waals surface area contributed by atoms with Crippen LogP contribution >= 0.6 is 11.6 Å². The molecule has 1 aliphatic rings. The lowest BCUT2D eigenvalue weighted by atomic mass is 10.0. The molecule has 0 aromatic heterocycles. The molecule has 1 aliphatic heterocycles. The maximum atomic E-state index is 12.8. The minimum atomic E-state index is -0.239. The molecule has 1 fully saturated rings. The molecule has 0 spiro atoms. The molecule has 0 atom stereocenters. The summed E-state index contributed by atoms with van der Waals surface area (Å²) in [5, 5.41) is 3.64. The molecule has 2 amide bonds. The van der Waals surface area contributed by atoms with Crippen LogP contribution in [0.1, 0.15) is 33.6 Å². The van der Waals surface area contributed by atoms with Gasteiger partial charge in [-0.25, -0.2) is 0 Å². The molecule has 6 nitrogen and oxygen atoms in total. The summed E-state index contributed by atoms with van der Waals surface area (Å²) < 4.78 is 10.6. The fraction of sp³-hybridized carbons (Fsp3) is 0.333. The summed E-state index contributed by atoms with van der Waals surface area (Å²) in [7, 11) is 3.04. The summed E-state index contributed by atoms with van der Waals surface area (Å²) in [5.74, 6) is 0.670. The zero-order valence-electron chi connectivity index (χ0n) is 15.9. The quantitative estimate of drug-likeness (QED) is 0.832. The van der Waals surface area contributed by atoms with Gasteiger partial charge in [-0.3, -0.25) is 9.59 Å². The van der Waals surface area contributed by atoms with E-state index in [2.05, 4.69) is 5.32 Å². The Balaban J connectivity index is 1.61. The number of nitrogens with one attached hydrogen (secondary N) is 1. The standard InChI is InChI=1S/C21H23ClN2O4/c1-27-17-4-3-5-18(28-2)19(17)20(25)23-16-10-12-24(13-11-16)21(26)14-6-8-15(22)9-7-14/h3-9,16H,10-13H2,1-2H3,(H,23,25). The van der Waals surface area contributed by atoms with Crippen molar-refractivity contribution in [2.24, 2.45) is 0 Å². The molecule has 3 rings (SSSR count). The average Bonchev–Trinajstić information content (AvgIpc) is 2.73. The Kier molecular flexibility index (Phi) is 6.41. The molecule has 2 aromatic rings. The van der Waals surface area contributed by atoms with E-state index in [0.29, 0.717) is 53.6 Å². The van der Waals surface area contributed by atoms with Gasteiger partial charge in [0.25, 0.3) is 11.8 Å². The van der Waals surface area contributed by atoms with Crippen molar-refractivity contribution in [3.63, 3.8) is 0 Å². The van der Waals surface area contributed by atoms with Crippen LogP contribution in [0.15, 0.2) is 42.5 Å². The lowest BCUT2D eigenvalue weighted by molar-refractivity contribution is 0.0698. The van der Waals surface area contributed by atoms with Crippen LogP contribution in [0.2, 0.25) is 5.02 Å². The minimum Gasteiger partial charge on any atom is -0.496 e. The van der Waals surface area contributed by atoms with Crippen molar-refractivity contribution in [1.29, 1.82) is 0 Å². The van der Waals surface area contributed by atoms with Crippen LogP contribution in [0.5, 0.6) is 11.5 Å². The summed E-state index contributed by atoms with van der Waals surface area (Å²) in [6, 6.07) is 12.1. The lowest BCUT2D eigenvalue weighted by Crippen LogP contribution is -2.46. The number of piperidine rings is 1. The number of halogens is 1. The summed E-state index contributed by atoms with van der Waals surface area (Å²) >= 11 is 5.88. The van der Waals surface area contributed by atoms with Crippen LogP contribution in [0.25, 0.3) is 0 Å². The lowest BCUT2D eigenvalue weighted by Gasteiger charge is -2.32. The smallest absolute Gasteiger partial charge is 0.259 e. The summed E-state index contributed by atoms with van der Waals surface area (Å²) in [5.41, 5.74) is 0.998. The number of methoxy groups -OCH3 is 2. The Bertz CT molecular complexity index is 824. The molecule has 0 unspecified atom stereocenters. The third kappa shape index (κ3) is 4.39. The highest BCUT2D eigenvalue weighted by Gasteiger charge is 2.26. The van der Waals surface area contributed by atoms with Crippen molar-refractivity contribution in [3.05, 3.63) is 58.6 Å². The first-order chi connectivity index (χ1) is 13.5. The first kappa shape index (κ1) is 20.0. The van der Waals surface area contributed by atoms with E-state index in [9.17, 15) is 9.59 Å². The van der Waals surface area contributed by atoms with Gasteiger partial charge in [0.2, 0.25) is 0 Å². The fourth-order valence-corrected chi connectivity index (χ4v) is 3.46. The maximum Gasteiger partial charge on any atom is 0.259 e. The van der Waals surface area contributed by atoms with Crippen molar-refractivity contribution < 1.29 is 19.1 Å². The molecule has 1 heterocycles. The Morgan fingerprint density at radius 3 is 2.11 bits per heavy atom. The highest BCUT2D eigenvalue weighted by molar-refractivity contribution is 6.30. The van der Waals surface area contributed by atoms with Crippen molar-refractivity contribution in [1.82, 2.24) is 10.2 Å². The molecule has 28 heavy (non-hydrogen) atoms. The van der Waals surface area contributed by atoms with Gasteiger partial charge in [-0.15, -0.1) is 0 Å². The van der Waals surface area contributed by atoms with Crippen molar-refractivity contribution >= 4 is 23.4 Å². The van der Waals surface area contributed by atoms with Crippen LogP contribution in [0.3, 0.4) is 0 Å². The highest BCUT2D eigenvalue weighted by atomic mass is 35.5. The zero-order chi connectivity index (χ0) is 20.1. The third-order valence-electron chi connectivity index (χ3n) is 4.86. The number of likely N-dealkylation sites (tertiary alicyclic amines) is 1. The monoisotopic (exact) mass is 402 g/mol. The maximum absolute atomic E-state index is 12.8. The molecule has 7 heteroatoms. The Morgan fingerprint density at radius 1 is 1.00 bits per heavy atom. The van der Waals surface area contributed by atoms with Gasteiger partial charge in [0.15, 0.2) is 0 Å². The number of hydrogen-bond acceptors (Lipinski definition) is 4. The van der Waals surface area contributed by atoms with Crippen LogP contribution in [-0.4, -0.2) is 50.1 Å². The molecule has 2 aromatic carbocycles. The predicted molar refractivity (Wildman–Crippen MR) is 107 cm³/mol. The molecule has 1 N–H and O–H groups in total. The number of nitrogens with zero attached hydrogens (tertiary/aromatic N) is 1. The number of rotatable bonds is 5. The molecule has 148 valence electrons. The molecule has 0 saturated carbocycles. The summed E-state index contributed by atoms with van der Waals surface area (Å²) in [4.78, 5) is 27.2. The second-order valence-electron chi connectivity index (χ2n) is 6.58. The fourth-order valence-electron chi connectivity index (χ4n) is 3.33. The van der Waals surface area contributed by atoms with Gasteiger partial charge in [0.1, 0.15) is 17.1 Å². The van der Waals surface area contributed by atoms with Gasteiger partial charge < -0.3 is 19.7 Å². The Hall–Kier alpha value is -2.73. The van der Waals surface area contributed by atoms with Gasteiger partial charge in [0, 0.05) is 29.7 Å². The molecular weight excluding hydrogens is 380 g/mol. The van der Waals surface area contributed by atoms with Gasteiger partial charge >= 0.3 is 0 Å². The first-order valence-electron chi connectivity index (χ1n) is 9.10. The van der Waals surface area contributed by atoms with E-state index < -0.39 is 0 Å². The SMILES string of the molecule is COc1cccc(OC)c1C(=O)NC1CCN(C(=O)c2ccc(Cl)cc2)CC1. The largest absolute Gasteiger partial charge is 0.496 e. The summed E-state index contributed by atoms with van der Waals surface area (Å²) in [6.07, 6.45) is 1.37. The predicted octanol–water partition coefficient (Wildman–Crippen LogP) is 3.39. The number of hydrogen-bond donors (Lipinski definition) is 1. The summed E-state index contributed by atoms with van der Waals surface area (Å²) in [6.45, 7) is 1.16. The van der Waals surface area contributed by atoms with Crippen molar-refractivity contribution in [2.75, 3.05) is 27.3 Å². The Labute approximate surface area is 169 Å². The zero-order valence-corrected chi connectivity index (χ0v) is 16.7. The Morgan fingerprint density at radius 2 is 1.57 bits per heavy atom. The highest BCUT2D eigenvalue weighted by Crippen LogP contribution is 2.28. The van der Waals surface area contributed by atoms with Crippen LogP contribution in [0.4, 0.5) is 0 Å². The van der Waals surface area contributed by atoms with Crippen LogP contribution < -0.4 is 14.8 Å². The molecule has 0 bridgehead atoms. The van der Waals surface area contributed by atoms with E-state index in [1.165, 1.54) is 14.2 Å². The van der Waals surface area contributed by atoms with Gasteiger partial charge in [-0.1, -0.05) is 17.7 Å². The van der Waals surface area contributed by atoms with Gasteiger partial charge in [0.05, 0.1) is 14.2 Å². The van der Waals surface area contributed by atoms with E-state index >= 15 is 0 Å². The number of amides is 2. The first-order valence-corrected chi connectivity index (χ1v) is 9.48. The van der Waals surface area contributed by atoms with Crippen LogP contribution in [0, 0.1) is 0 Å². The van der Waals surface area contributed by atoms with E-state index in [4.69, 9.17) is 21.1 Å². The van der Waals surface area contributed by atoms with Crippen molar-refractivity contribution in [2.45, 2.75) is 18.9 Å². The normalized spacial score (nSPS) is 14.5. The van der Waals surface area contributed by atoms with Crippen molar-refractivity contribution in [3.8, 4) is 11.5 Å².